The summed E-state index contributed by atoms with van der Waals surface area (Å²) in [6, 6.07) is 7.96. The number of quaternary nitrogens is 1. The maximum absolute atomic E-state index is 10.8. The molecule has 1 saturated heterocycles. The third kappa shape index (κ3) is 3.03. The molecule has 3 heterocycles. The van der Waals surface area contributed by atoms with E-state index in [1.54, 1.807) is 4.52 Å². The molecule has 0 saturated carbocycles. The van der Waals surface area contributed by atoms with Gasteiger partial charge in [0.25, 0.3) is 0 Å². The average Bonchev–Trinajstić information content (AvgIpc) is 3.09. The molecule has 2 N–H and O–H groups in total. The molecule has 132 valence electrons. The number of aromatic nitrogens is 3. The van der Waals surface area contributed by atoms with E-state index in [4.69, 9.17) is 11.6 Å². The van der Waals surface area contributed by atoms with Crippen molar-refractivity contribution < 1.29 is 10.0 Å². The van der Waals surface area contributed by atoms with Gasteiger partial charge in [-0.05, 0) is 31.7 Å². The second-order valence-electron chi connectivity index (χ2n) is 6.94. The highest BCUT2D eigenvalue weighted by Gasteiger charge is 2.35. The third-order valence-corrected chi connectivity index (χ3v) is 6.54. The number of benzene rings is 1. The highest BCUT2D eigenvalue weighted by molar-refractivity contribution is 7.17. The lowest BCUT2D eigenvalue weighted by Gasteiger charge is -2.33. The number of fused-ring (bicyclic) bond motifs is 1. The molecule has 0 aliphatic carbocycles. The van der Waals surface area contributed by atoms with Crippen molar-refractivity contribution >= 4 is 27.9 Å². The number of aromatic hydroxyl groups is 1. The second kappa shape index (κ2) is 6.59. The van der Waals surface area contributed by atoms with E-state index in [1.165, 1.54) is 29.1 Å². The molecule has 0 amide bonds. The molecule has 0 unspecified atom stereocenters. The topological polar surface area (TPSA) is 54.9 Å². The molecule has 1 aliphatic heterocycles. The van der Waals surface area contributed by atoms with E-state index in [2.05, 4.69) is 23.1 Å². The quantitative estimate of drug-likeness (QED) is 0.738. The van der Waals surface area contributed by atoms with Crippen LogP contribution in [0.1, 0.15) is 42.1 Å². The first-order chi connectivity index (χ1) is 12.0. The van der Waals surface area contributed by atoms with Gasteiger partial charge in [-0.15, -0.1) is 5.10 Å². The van der Waals surface area contributed by atoms with Gasteiger partial charge in [0.15, 0.2) is 6.04 Å². The van der Waals surface area contributed by atoms with Crippen LogP contribution in [-0.4, -0.2) is 32.8 Å². The van der Waals surface area contributed by atoms with Crippen LogP contribution in [0.5, 0.6) is 5.88 Å². The van der Waals surface area contributed by atoms with E-state index in [0.717, 1.165) is 39.4 Å². The molecule has 2 aromatic heterocycles. The monoisotopic (exact) mass is 377 g/mol. The summed E-state index contributed by atoms with van der Waals surface area (Å²) in [6.07, 6.45) is 2.38. The average molecular weight is 378 g/mol. The minimum Gasteiger partial charge on any atom is -0.492 e. The standard InChI is InChI=1S/C18H21ClN4OS/c1-11-7-9-22(10-8-11)15(13-5-3-4-6-14(13)19)16-17(24)23-18(25-16)20-12(2)21-23/h3-6,11,15,24H,7-10H2,1-2H3/p+1/t15-/m1/s1. The lowest BCUT2D eigenvalue weighted by Crippen LogP contribution is -3.13. The Bertz CT molecular complexity index is 898. The number of aryl methyl sites for hydroxylation is 1. The number of likely N-dealkylation sites (tertiary alicyclic amines) is 1. The summed E-state index contributed by atoms with van der Waals surface area (Å²) in [5, 5.41) is 15.9. The molecule has 25 heavy (non-hydrogen) atoms. The first-order valence-corrected chi connectivity index (χ1v) is 9.88. The SMILES string of the molecule is Cc1nc2sc([C@@H](c3ccccc3Cl)[NH+]3CCC(C)CC3)c(O)n2n1. The zero-order chi connectivity index (χ0) is 17.6. The van der Waals surface area contributed by atoms with Crippen LogP contribution >= 0.6 is 22.9 Å². The van der Waals surface area contributed by atoms with Crippen molar-refractivity contribution in [3.8, 4) is 5.88 Å². The molecule has 1 fully saturated rings. The Labute approximate surface area is 155 Å². The van der Waals surface area contributed by atoms with Crippen molar-refractivity contribution in [1.29, 1.82) is 0 Å². The zero-order valence-corrected chi connectivity index (χ0v) is 15.9. The van der Waals surface area contributed by atoms with Gasteiger partial charge in [0.1, 0.15) is 10.7 Å². The smallest absolute Gasteiger partial charge is 0.235 e. The maximum atomic E-state index is 10.8. The lowest BCUT2D eigenvalue weighted by atomic mass is 9.95. The molecule has 5 nitrogen and oxygen atoms in total. The van der Waals surface area contributed by atoms with Gasteiger partial charge in [0, 0.05) is 5.56 Å². The van der Waals surface area contributed by atoms with Crippen molar-refractivity contribution in [2.75, 3.05) is 13.1 Å². The van der Waals surface area contributed by atoms with E-state index in [0.29, 0.717) is 5.82 Å². The van der Waals surface area contributed by atoms with Gasteiger partial charge in [-0.25, -0.2) is 4.98 Å². The van der Waals surface area contributed by atoms with Crippen molar-refractivity contribution in [2.45, 2.75) is 32.7 Å². The van der Waals surface area contributed by atoms with Crippen LogP contribution in [0.3, 0.4) is 0 Å². The number of hydrogen-bond acceptors (Lipinski definition) is 4. The molecule has 7 heteroatoms. The number of thiazole rings is 1. The number of nitrogens with zero attached hydrogens (tertiary/aromatic N) is 3. The molecule has 0 radical (unpaired) electrons. The Morgan fingerprint density at radius 2 is 2.04 bits per heavy atom. The number of piperidine rings is 1. The van der Waals surface area contributed by atoms with Gasteiger partial charge in [0.2, 0.25) is 10.8 Å². The lowest BCUT2D eigenvalue weighted by molar-refractivity contribution is -0.931. The summed E-state index contributed by atoms with van der Waals surface area (Å²) in [5.41, 5.74) is 1.06. The van der Waals surface area contributed by atoms with Crippen molar-refractivity contribution in [2.24, 2.45) is 5.92 Å². The fourth-order valence-corrected chi connectivity index (χ4v) is 5.14. The molecular weight excluding hydrogens is 356 g/mol. The van der Waals surface area contributed by atoms with Crippen molar-refractivity contribution in [3.05, 3.63) is 45.6 Å². The van der Waals surface area contributed by atoms with Crippen LogP contribution in [0.25, 0.3) is 4.96 Å². The van der Waals surface area contributed by atoms with Gasteiger partial charge in [-0.2, -0.15) is 4.52 Å². The molecule has 0 bridgehead atoms. The highest BCUT2D eigenvalue weighted by atomic mass is 35.5. The van der Waals surface area contributed by atoms with Crippen molar-refractivity contribution in [1.82, 2.24) is 14.6 Å². The summed E-state index contributed by atoms with van der Waals surface area (Å²) in [5.74, 6) is 1.62. The predicted octanol–water partition coefficient (Wildman–Crippen LogP) is 2.86. The number of hydrogen-bond donors (Lipinski definition) is 2. The number of rotatable bonds is 3. The molecule has 3 aromatic rings. The van der Waals surface area contributed by atoms with E-state index in [1.807, 2.05) is 25.1 Å². The normalized spacial score (nSPS) is 22.4. The zero-order valence-electron chi connectivity index (χ0n) is 14.4. The minimum atomic E-state index is 0.00926. The second-order valence-corrected chi connectivity index (χ2v) is 8.35. The largest absolute Gasteiger partial charge is 0.492 e. The predicted molar refractivity (Wildman–Crippen MR) is 99.7 cm³/mol. The highest BCUT2D eigenvalue weighted by Crippen LogP contribution is 2.37. The molecule has 1 aromatic carbocycles. The van der Waals surface area contributed by atoms with E-state index in [9.17, 15) is 5.11 Å². The van der Waals surface area contributed by atoms with E-state index in [-0.39, 0.29) is 11.9 Å². The fraction of sp³-hybridized carbons (Fsp3) is 0.444. The first kappa shape index (κ1) is 16.8. The van der Waals surface area contributed by atoms with E-state index < -0.39 is 0 Å². The van der Waals surface area contributed by atoms with Crippen LogP contribution in [0.15, 0.2) is 24.3 Å². The van der Waals surface area contributed by atoms with Gasteiger partial charge in [-0.1, -0.05) is 48.1 Å². The Morgan fingerprint density at radius 1 is 1.32 bits per heavy atom. The first-order valence-electron chi connectivity index (χ1n) is 8.68. The Balaban J connectivity index is 1.83. The summed E-state index contributed by atoms with van der Waals surface area (Å²) in [4.78, 5) is 7.49. The van der Waals surface area contributed by atoms with Gasteiger partial charge in [0.05, 0.1) is 18.1 Å². The van der Waals surface area contributed by atoms with Crippen LogP contribution in [-0.2, 0) is 0 Å². The molecule has 0 spiro atoms. The Hall–Kier alpha value is -1.63. The van der Waals surface area contributed by atoms with Crippen molar-refractivity contribution in [3.63, 3.8) is 0 Å². The molecule has 4 rings (SSSR count). The minimum absolute atomic E-state index is 0.00926. The van der Waals surface area contributed by atoms with Crippen LogP contribution in [0.4, 0.5) is 0 Å². The molecule has 1 aliphatic rings. The van der Waals surface area contributed by atoms with Crippen LogP contribution < -0.4 is 4.90 Å². The summed E-state index contributed by atoms with van der Waals surface area (Å²) in [7, 11) is 0. The van der Waals surface area contributed by atoms with Gasteiger partial charge in [-0.3, -0.25) is 0 Å². The Morgan fingerprint density at radius 3 is 2.72 bits per heavy atom. The summed E-state index contributed by atoms with van der Waals surface area (Å²) >= 11 is 8.05. The van der Waals surface area contributed by atoms with Gasteiger partial charge < -0.3 is 10.0 Å². The summed E-state index contributed by atoms with van der Waals surface area (Å²) < 4.78 is 1.55. The van der Waals surface area contributed by atoms with Crippen LogP contribution in [0, 0.1) is 12.8 Å². The Kier molecular flexibility index (Phi) is 4.43. The van der Waals surface area contributed by atoms with E-state index >= 15 is 0 Å². The third-order valence-electron chi connectivity index (χ3n) is 5.11. The fourth-order valence-electron chi connectivity index (χ4n) is 3.71. The molecule has 1 atom stereocenters. The maximum Gasteiger partial charge on any atom is 0.235 e. The van der Waals surface area contributed by atoms with Crippen LogP contribution in [0.2, 0.25) is 5.02 Å². The molecular formula is C18H22ClN4OS+. The number of nitrogens with one attached hydrogen (secondary N) is 1. The summed E-state index contributed by atoms with van der Waals surface area (Å²) in [6.45, 7) is 6.29. The van der Waals surface area contributed by atoms with Gasteiger partial charge >= 0.3 is 0 Å². The number of halogens is 1.